The molecule has 106 valence electrons. The number of nitrogens with one attached hydrogen (secondary N) is 1. The predicted octanol–water partition coefficient (Wildman–Crippen LogP) is 2.21. The largest absolute Gasteiger partial charge is 0.324 e. The first kappa shape index (κ1) is 15.5. The van der Waals surface area contributed by atoms with Crippen LogP contribution in [0.4, 0.5) is 11.4 Å². The lowest BCUT2D eigenvalue weighted by atomic mass is 10.2. The van der Waals surface area contributed by atoms with Crippen molar-refractivity contribution in [3.8, 4) is 0 Å². The van der Waals surface area contributed by atoms with E-state index in [4.69, 9.17) is 0 Å². The van der Waals surface area contributed by atoms with Gasteiger partial charge in [0.1, 0.15) is 0 Å². The number of carbonyl (C=O) groups excluding carboxylic acids is 1. The molecule has 6 heteroatoms. The van der Waals surface area contributed by atoms with Gasteiger partial charge in [0.05, 0.1) is 17.6 Å². The van der Waals surface area contributed by atoms with Crippen molar-refractivity contribution in [2.24, 2.45) is 0 Å². The molecule has 0 spiro atoms. The van der Waals surface area contributed by atoms with Gasteiger partial charge in [-0.25, -0.2) is 8.42 Å². The van der Waals surface area contributed by atoms with Crippen molar-refractivity contribution in [3.05, 3.63) is 24.3 Å². The lowest BCUT2D eigenvalue weighted by molar-refractivity contribution is -0.116. The van der Waals surface area contributed by atoms with Crippen molar-refractivity contribution in [3.63, 3.8) is 0 Å². The molecule has 0 fully saturated rings. The van der Waals surface area contributed by atoms with E-state index in [9.17, 15) is 13.2 Å². The quantitative estimate of drug-likeness (QED) is 0.871. The van der Waals surface area contributed by atoms with Gasteiger partial charge in [0.25, 0.3) is 0 Å². The van der Waals surface area contributed by atoms with E-state index in [0.29, 0.717) is 17.8 Å². The predicted molar refractivity (Wildman–Crippen MR) is 77.8 cm³/mol. The Morgan fingerprint density at radius 2 is 1.95 bits per heavy atom. The number of nitrogens with zero attached hydrogens (tertiary/aromatic N) is 1. The highest BCUT2D eigenvalue weighted by molar-refractivity contribution is 7.92. The van der Waals surface area contributed by atoms with Gasteiger partial charge in [-0.2, -0.15) is 0 Å². The van der Waals surface area contributed by atoms with Crippen LogP contribution in [0, 0.1) is 0 Å². The Morgan fingerprint density at radius 3 is 2.53 bits per heavy atom. The Bertz CT molecular complexity index is 541. The lowest BCUT2D eigenvalue weighted by Crippen LogP contribution is -2.26. The molecule has 0 aliphatic carbocycles. The van der Waals surface area contributed by atoms with E-state index in [1.54, 1.807) is 24.3 Å². The van der Waals surface area contributed by atoms with Gasteiger partial charge in [0.2, 0.25) is 15.9 Å². The van der Waals surface area contributed by atoms with Crippen LogP contribution in [0.25, 0.3) is 0 Å². The van der Waals surface area contributed by atoms with Crippen LogP contribution >= 0.6 is 0 Å². The molecular weight excluding hydrogens is 264 g/mol. The van der Waals surface area contributed by atoms with Crippen LogP contribution in [-0.4, -0.2) is 27.6 Å². The second kappa shape index (κ2) is 6.56. The number of sulfonamides is 1. The Balaban J connectivity index is 2.94. The van der Waals surface area contributed by atoms with Gasteiger partial charge < -0.3 is 5.32 Å². The number of anilines is 2. The Morgan fingerprint density at radius 1 is 1.32 bits per heavy atom. The summed E-state index contributed by atoms with van der Waals surface area (Å²) < 4.78 is 24.3. The number of unbranched alkanes of at least 4 members (excludes halogenated alkanes) is 1. The van der Waals surface area contributed by atoms with Crippen molar-refractivity contribution < 1.29 is 13.2 Å². The average molecular weight is 284 g/mol. The standard InChI is InChI=1S/C13H20N2O3S/c1-4-5-10-13(16)14-11-8-6-7-9-12(11)15(2)19(3,17)18/h6-9H,4-5,10H2,1-3H3,(H,14,16). The van der Waals surface area contributed by atoms with E-state index in [2.05, 4.69) is 5.32 Å². The maximum Gasteiger partial charge on any atom is 0.232 e. The lowest BCUT2D eigenvalue weighted by Gasteiger charge is -2.20. The van der Waals surface area contributed by atoms with E-state index in [1.807, 2.05) is 6.92 Å². The SMILES string of the molecule is CCCCC(=O)Nc1ccccc1N(C)S(C)(=O)=O. The summed E-state index contributed by atoms with van der Waals surface area (Å²) >= 11 is 0. The summed E-state index contributed by atoms with van der Waals surface area (Å²) in [5.74, 6) is -0.101. The number of amides is 1. The Labute approximate surface area is 114 Å². The summed E-state index contributed by atoms with van der Waals surface area (Å²) in [4.78, 5) is 11.7. The Hall–Kier alpha value is -1.56. The van der Waals surface area contributed by atoms with E-state index >= 15 is 0 Å². The third-order valence-corrected chi connectivity index (χ3v) is 3.96. The fraction of sp³-hybridized carbons (Fsp3) is 0.462. The first-order valence-corrected chi connectivity index (χ1v) is 8.04. The molecule has 0 aliphatic heterocycles. The zero-order valence-electron chi connectivity index (χ0n) is 11.5. The first-order chi connectivity index (χ1) is 8.86. The molecule has 1 amide bonds. The van der Waals surface area contributed by atoms with E-state index in [1.165, 1.54) is 7.05 Å². The number of para-hydroxylation sites is 2. The van der Waals surface area contributed by atoms with Gasteiger partial charge in [-0.3, -0.25) is 9.10 Å². The molecule has 0 unspecified atom stereocenters. The molecule has 1 aromatic rings. The van der Waals surface area contributed by atoms with E-state index in [-0.39, 0.29) is 5.91 Å². The second-order valence-electron chi connectivity index (χ2n) is 4.40. The molecule has 19 heavy (non-hydrogen) atoms. The molecule has 5 nitrogen and oxygen atoms in total. The summed E-state index contributed by atoms with van der Waals surface area (Å²) in [6.07, 6.45) is 3.32. The molecular formula is C13H20N2O3S. The highest BCUT2D eigenvalue weighted by atomic mass is 32.2. The van der Waals surface area contributed by atoms with Crippen LogP contribution in [-0.2, 0) is 14.8 Å². The zero-order valence-corrected chi connectivity index (χ0v) is 12.3. The summed E-state index contributed by atoms with van der Waals surface area (Å²) in [6, 6.07) is 6.85. The summed E-state index contributed by atoms with van der Waals surface area (Å²) in [6.45, 7) is 2.01. The number of carbonyl (C=O) groups is 1. The topological polar surface area (TPSA) is 66.5 Å². The van der Waals surface area contributed by atoms with Crippen molar-refractivity contribution in [1.82, 2.24) is 0 Å². The van der Waals surface area contributed by atoms with Gasteiger partial charge in [-0.15, -0.1) is 0 Å². The minimum absolute atomic E-state index is 0.101. The minimum Gasteiger partial charge on any atom is -0.324 e. The molecule has 0 atom stereocenters. The van der Waals surface area contributed by atoms with Crippen molar-refractivity contribution in [2.75, 3.05) is 22.9 Å². The maximum atomic E-state index is 11.7. The molecule has 0 bridgehead atoms. The molecule has 1 aromatic carbocycles. The third kappa shape index (κ3) is 4.55. The maximum absolute atomic E-state index is 11.7. The number of benzene rings is 1. The number of hydrogen-bond donors (Lipinski definition) is 1. The van der Waals surface area contributed by atoms with Gasteiger partial charge in [0.15, 0.2) is 0 Å². The van der Waals surface area contributed by atoms with Crippen LogP contribution in [0.15, 0.2) is 24.3 Å². The van der Waals surface area contributed by atoms with E-state index < -0.39 is 10.0 Å². The summed E-state index contributed by atoms with van der Waals surface area (Å²) in [7, 11) is -1.88. The van der Waals surface area contributed by atoms with Gasteiger partial charge in [0, 0.05) is 13.5 Å². The Kier molecular flexibility index (Phi) is 5.35. The molecule has 1 rings (SSSR count). The van der Waals surface area contributed by atoms with Crippen LogP contribution in [0.2, 0.25) is 0 Å². The summed E-state index contributed by atoms with van der Waals surface area (Å²) in [5.41, 5.74) is 0.978. The zero-order chi connectivity index (χ0) is 14.5. The van der Waals surface area contributed by atoms with Gasteiger partial charge in [-0.1, -0.05) is 25.5 Å². The molecule has 0 radical (unpaired) electrons. The normalized spacial score (nSPS) is 11.1. The van der Waals surface area contributed by atoms with Gasteiger partial charge in [-0.05, 0) is 18.6 Å². The van der Waals surface area contributed by atoms with Crippen LogP contribution < -0.4 is 9.62 Å². The monoisotopic (exact) mass is 284 g/mol. The second-order valence-corrected chi connectivity index (χ2v) is 6.41. The minimum atomic E-state index is -3.35. The van der Waals surface area contributed by atoms with Crippen LogP contribution in [0.5, 0.6) is 0 Å². The fourth-order valence-electron chi connectivity index (χ4n) is 1.58. The highest BCUT2D eigenvalue weighted by Crippen LogP contribution is 2.26. The average Bonchev–Trinajstić information content (AvgIpc) is 2.35. The van der Waals surface area contributed by atoms with Crippen LogP contribution in [0.1, 0.15) is 26.2 Å². The molecule has 1 N–H and O–H groups in total. The van der Waals surface area contributed by atoms with Crippen molar-refractivity contribution >= 4 is 27.3 Å². The number of hydrogen-bond acceptors (Lipinski definition) is 3. The molecule has 0 saturated heterocycles. The fourth-order valence-corrected chi connectivity index (χ4v) is 2.10. The molecule has 0 heterocycles. The third-order valence-electron chi connectivity index (χ3n) is 2.77. The van der Waals surface area contributed by atoms with Gasteiger partial charge >= 0.3 is 0 Å². The molecule has 0 aromatic heterocycles. The van der Waals surface area contributed by atoms with Crippen LogP contribution in [0.3, 0.4) is 0 Å². The van der Waals surface area contributed by atoms with Crippen molar-refractivity contribution in [2.45, 2.75) is 26.2 Å². The highest BCUT2D eigenvalue weighted by Gasteiger charge is 2.16. The van der Waals surface area contributed by atoms with Crippen molar-refractivity contribution in [1.29, 1.82) is 0 Å². The number of rotatable bonds is 6. The van der Waals surface area contributed by atoms with E-state index in [0.717, 1.165) is 23.4 Å². The molecule has 0 aliphatic rings. The molecule has 0 saturated carbocycles. The summed E-state index contributed by atoms with van der Waals surface area (Å²) in [5, 5.41) is 2.75. The smallest absolute Gasteiger partial charge is 0.232 e. The first-order valence-electron chi connectivity index (χ1n) is 6.19.